The van der Waals surface area contributed by atoms with Gasteiger partial charge in [0, 0.05) is 10.2 Å². The first-order chi connectivity index (χ1) is 10.9. The largest absolute Gasteiger partial charge is 0.481 e. The highest BCUT2D eigenvalue weighted by Gasteiger charge is 2.57. The SMILES string of the molecule is CC(C)=C1[C@H]2CC[C@H]1[C@@H](C(=O)Nc1cccc(Br)c1)[C@H]2C(=O)O. The van der Waals surface area contributed by atoms with Gasteiger partial charge >= 0.3 is 5.97 Å². The van der Waals surface area contributed by atoms with E-state index in [0.717, 1.165) is 17.3 Å². The van der Waals surface area contributed by atoms with Gasteiger partial charge in [-0.3, -0.25) is 9.59 Å². The summed E-state index contributed by atoms with van der Waals surface area (Å²) in [5, 5.41) is 12.6. The van der Waals surface area contributed by atoms with Gasteiger partial charge in [-0.25, -0.2) is 0 Å². The highest BCUT2D eigenvalue weighted by molar-refractivity contribution is 9.10. The topological polar surface area (TPSA) is 66.4 Å². The van der Waals surface area contributed by atoms with Crippen molar-refractivity contribution in [3.05, 3.63) is 39.9 Å². The summed E-state index contributed by atoms with van der Waals surface area (Å²) < 4.78 is 0.878. The molecule has 23 heavy (non-hydrogen) atoms. The van der Waals surface area contributed by atoms with Crippen molar-refractivity contribution in [1.29, 1.82) is 0 Å². The number of carboxylic acids is 1. The number of allylic oxidation sites excluding steroid dienone is 2. The molecule has 2 bridgehead atoms. The Kier molecular flexibility index (Phi) is 4.32. The maximum Gasteiger partial charge on any atom is 0.307 e. The molecule has 0 saturated heterocycles. The number of fused-ring (bicyclic) bond motifs is 2. The van der Waals surface area contributed by atoms with E-state index in [-0.39, 0.29) is 17.7 Å². The molecule has 2 aliphatic rings. The minimum absolute atomic E-state index is 0.0146. The van der Waals surface area contributed by atoms with Crippen LogP contribution in [0.5, 0.6) is 0 Å². The molecule has 3 rings (SSSR count). The number of nitrogens with one attached hydrogen (secondary N) is 1. The molecule has 5 heteroatoms. The highest BCUT2D eigenvalue weighted by atomic mass is 79.9. The third-order valence-corrected chi connectivity index (χ3v) is 5.59. The molecule has 0 aromatic heterocycles. The summed E-state index contributed by atoms with van der Waals surface area (Å²) in [6.45, 7) is 4.04. The summed E-state index contributed by atoms with van der Waals surface area (Å²) in [6.07, 6.45) is 1.79. The number of carbonyl (C=O) groups is 2. The van der Waals surface area contributed by atoms with Crippen LogP contribution in [0, 0.1) is 23.7 Å². The second kappa shape index (κ2) is 6.11. The Morgan fingerprint density at radius 1 is 1.17 bits per heavy atom. The van der Waals surface area contributed by atoms with Crippen LogP contribution in [0.15, 0.2) is 39.9 Å². The molecule has 2 aliphatic carbocycles. The van der Waals surface area contributed by atoms with Crippen LogP contribution in [0.3, 0.4) is 0 Å². The van der Waals surface area contributed by atoms with Gasteiger partial charge in [-0.2, -0.15) is 0 Å². The summed E-state index contributed by atoms with van der Waals surface area (Å²) in [5.74, 6) is -2.04. The predicted octanol–water partition coefficient (Wildman–Crippen LogP) is 4.08. The van der Waals surface area contributed by atoms with Crippen LogP contribution in [0.1, 0.15) is 26.7 Å². The molecule has 2 saturated carbocycles. The zero-order chi connectivity index (χ0) is 16.7. The lowest BCUT2D eigenvalue weighted by Crippen LogP contribution is -2.37. The molecule has 122 valence electrons. The minimum Gasteiger partial charge on any atom is -0.481 e. The van der Waals surface area contributed by atoms with E-state index >= 15 is 0 Å². The Hall–Kier alpha value is -1.62. The number of carbonyl (C=O) groups excluding carboxylic acids is 1. The average Bonchev–Trinajstić information content (AvgIpc) is 3.02. The molecule has 0 heterocycles. The molecule has 1 aromatic carbocycles. The van der Waals surface area contributed by atoms with Gasteiger partial charge in [0.2, 0.25) is 5.91 Å². The van der Waals surface area contributed by atoms with Crippen LogP contribution in [0.25, 0.3) is 0 Å². The van der Waals surface area contributed by atoms with Crippen LogP contribution in [-0.4, -0.2) is 17.0 Å². The van der Waals surface area contributed by atoms with Crippen molar-refractivity contribution in [3.8, 4) is 0 Å². The Morgan fingerprint density at radius 2 is 1.83 bits per heavy atom. The first-order valence-corrected chi connectivity index (χ1v) is 8.66. The number of aliphatic carboxylic acids is 1. The zero-order valence-electron chi connectivity index (χ0n) is 13.2. The Morgan fingerprint density at radius 3 is 2.39 bits per heavy atom. The predicted molar refractivity (Wildman–Crippen MR) is 92.0 cm³/mol. The van der Waals surface area contributed by atoms with Crippen LogP contribution >= 0.6 is 15.9 Å². The number of hydrogen-bond donors (Lipinski definition) is 2. The maximum absolute atomic E-state index is 12.8. The molecule has 1 aromatic rings. The smallest absolute Gasteiger partial charge is 0.307 e. The quantitative estimate of drug-likeness (QED) is 0.779. The molecule has 0 aliphatic heterocycles. The van der Waals surface area contributed by atoms with Crippen molar-refractivity contribution in [3.63, 3.8) is 0 Å². The molecular formula is C18H20BrNO3. The van der Waals surface area contributed by atoms with Gasteiger partial charge in [0.25, 0.3) is 0 Å². The third kappa shape index (κ3) is 2.82. The first-order valence-electron chi connectivity index (χ1n) is 7.86. The summed E-state index contributed by atoms with van der Waals surface area (Å²) in [4.78, 5) is 24.6. The van der Waals surface area contributed by atoms with Crippen molar-refractivity contribution >= 4 is 33.5 Å². The summed E-state index contributed by atoms with van der Waals surface area (Å²) in [5.41, 5.74) is 3.06. The summed E-state index contributed by atoms with van der Waals surface area (Å²) in [6, 6.07) is 7.36. The van der Waals surface area contributed by atoms with Crippen LogP contribution in [0.2, 0.25) is 0 Å². The van der Waals surface area contributed by atoms with E-state index in [1.807, 2.05) is 38.1 Å². The number of rotatable bonds is 3. The van der Waals surface area contributed by atoms with E-state index in [4.69, 9.17) is 0 Å². The van der Waals surface area contributed by atoms with Crippen molar-refractivity contribution in [2.45, 2.75) is 26.7 Å². The Bertz CT molecular complexity index is 693. The fourth-order valence-electron chi connectivity index (χ4n) is 4.40. The van der Waals surface area contributed by atoms with E-state index < -0.39 is 17.8 Å². The van der Waals surface area contributed by atoms with E-state index in [9.17, 15) is 14.7 Å². The fourth-order valence-corrected chi connectivity index (χ4v) is 4.80. The zero-order valence-corrected chi connectivity index (χ0v) is 14.8. The van der Waals surface area contributed by atoms with Gasteiger partial charge in [0.05, 0.1) is 11.8 Å². The van der Waals surface area contributed by atoms with Crippen molar-refractivity contribution in [2.75, 3.05) is 5.32 Å². The van der Waals surface area contributed by atoms with E-state index in [1.165, 1.54) is 11.1 Å². The lowest BCUT2D eigenvalue weighted by Gasteiger charge is -2.26. The third-order valence-electron chi connectivity index (χ3n) is 5.10. The first kappa shape index (κ1) is 16.2. The maximum atomic E-state index is 12.8. The normalized spacial score (nSPS) is 28.7. The summed E-state index contributed by atoms with van der Waals surface area (Å²) >= 11 is 3.38. The molecular weight excluding hydrogens is 358 g/mol. The second-order valence-electron chi connectivity index (χ2n) is 6.64. The summed E-state index contributed by atoms with van der Waals surface area (Å²) in [7, 11) is 0. The van der Waals surface area contributed by atoms with Gasteiger partial charge in [-0.15, -0.1) is 0 Å². The number of anilines is 1. The molecule has 1 amide bonds. The molecule has 2 N–H and O–H groups in total. The average molecular weight is 378 g/mol. The number of halogens is 1. The molecule has 0 radical (unpaired) electrons. The minimum atomic E-state index is -0.856. The second-order valence-corrected chi connectivity index (χ2v) is 7.55. The lowest BCUT2D eigenvalue weighted by atomic mass is 9.78. The van der Waals surface area contributed by atoms with Crippen molar-refractivity contribution < 1.29 is 14.7 Å². The van der Waals surface area contributed by atoms with Gasteiger partial charge < -0.3 is 10.4 Å². The lowest BCUT2D eigenvalue weighted by molar-refractivity contribution is -0.148. The standard InChI is InChI=1S/C18H20BrNO3/c1-9(2)14-12-6-7-13(14)16(18(22)23)15(12)17(21)20-11-5-3-4-10(19)8-11/h3-5,8,12-13,15-16H,6-7H2,1-2H3,(H,20,21)(H,22,23)/t12-,13-,15-,16+/m1/s1. The van der Waals surface area contributed by atoms with Gasteiger partial charge in [0.15, 0.2) is 0 Å². The number of hydrogen-bond acceptors (Lipinski definition) is 2. The van der Waals surface area contributed by atoms with Crippen molar-refractivity contribution in [1.82, 2.24) is 0 Å². The van der Waals surface area contributed by atoms with E-state index in [1.54, 1.807) is 0 Å². The van der Waals surface area contributed by atoms with Gasteiger partial charge in [0.1, 0.15) is 0 Å². The monoisotopic (exact) mass is 377 g/mol. The number of benzene rings is 1. The van der Waals surface area contributed by atoms with Crippen molar-refractivity contribution in [2.24, 2.45) is 23.7 Å². The van der Waals surface area contributed by atoms with Gasteiger partial charge in [-0.05, 0) is 56.7 Å². The van der Waals surface area contributed by atoms with Gasteiger partial charge in [-0.1, -0.05) is 33.1 Å². The highest BCUT2D eigenvalue weighted by Crippen LogP contribution is 2.57. The fraction of sp³-hybridized carbons (Fsp3) is 0.444. The van der Waals surface area contributed by atoms with E-state index in [0.29, 0.717) is 5.69 Å². The van der Waals surface area contributed by atoms with E-state index in [2.05, 4.69) is 21.2 Å². The number of amides is 1. The van der Waals surface area contributed by atoms with Crippen LogP contribution < -0.4 is 5.32 Å². The van der Waals surface area contributed by atoms with Crippen LogP contribution in [-0.2, 0) is 9.59 Å². The number of carboxylic acid groups (broad SMARTS) is 1. The molecule has 0 unspecified atom stereocenters. The molecule has 4 atom stereocenters. The Labute approximate surface area is 144 Å². The molecule has 4 nitrogen and oxygen atoms in total. The van der Waals surface area contributed by atoms with Crippen LogP contribution in [0.4, 0.5) is 5.69 Å². The molecule has 2 fully saturated rings. The Balaban J connectivity index is 1.90. The molecule has 0 spiro atoms.